The fraction of sp³-hybridized carbons (Fsp3) is 0. The van der Waals surface area contributed by atoms with Gasteiger partial charge in [0.2, 0.25) is 0 Å². The fourth-order valence-electron chi connectivity index (χ4n) is 2.02. The van der Waals surface area contributed by atoms with Crippen molar-refractivity contribution in [3.05, 3.63) is 82.3 Å². The minimum atomic E-state index is -0.554. The van der Waals surface area contributed by atoms with Gasteiger partial charge in [0.25, 0.3) is 0 Å². The summed E-state index contributed by atoms with van der Waals surface area (Å²) in [5, 5.41) is 4.15. The molecule has 0 unspecified atom stereocenters. The van der Waals surface area contributed by atoms with Gasteiger partial charge < -0.3 is 0 Å². The molecule has 0 fully saturated rings. The summed E-state index contributed by atoms with van der Waals surface area (Å²) in [6, 6.07) is 13.9. The molecule has 3 rings (SSSR count). The lowest BCUT2D eigenvalue weighted by atomic mass is 10.1. The molecule has 2 aromatic carbocycles. The number of benzene rings is 2. The number of nitrogens with zero attached hydrogens (tertiary/aromatic N) is 2. The van der Waals surface area contributed by atoms with Crippen molar-refractivity contribution >= 4 is 21.7 Å². The Hall–Kier alpha value is -2.27. The smallest absolute Gasteiger partial charge is 0.200 e. The predicted molar refractivity (Wildman–Crippen MR) is 81.1 cm³/mol. The molecule has 0 amide bonds. The second-order valence-electron chi connectivity index (χ2n) is 4.43. The van der Waals surface area contributed by atoms with Crippen LogP contribution in [0.5, 0.6) is 0 Å². The molecule has 0 atom stereocenters. The summed E-state index contributed by atoms with van der Waals surface area (Å²) in [5.41, 5.74) is 1.19. The molecule has 5 heteroatoms. The summed E-state index contributed by atoms with van der Waals surface area (Å²) in [4.78, 5) is 12.4. The van der Waals surface area contributed by atoms with Gasteiger partial charge in [-0.05, 0) is 40.2 Å². The third-order valence-electron chi connectivity index (χ3n) is 3.06. The van der Waals surface area contributed by atoms with Crippen LogP contribution in [-0.4, -0.2) is 15.6 Å². The first-order valence-corrected chi connectivity index (χ1v) is 7.05. The van der Waals surface area contributed by atoms with E-state index >= 15 is 0 Å². The van der Waals surface area contributed by atoms with Crippen LogP contribution in [0.3, 0.4) is 0 Å². The Morgan fingerprint density at radius 3 is 2.57 bits per heavy atom. The zero-order valence-electron chi connectivity index (χ0n) is 10.8. The molecule has 0 bridgehead atoms. The predicted octanol–water partition coefficient (Wildman–Crippen LogP) is 4.00. The van der Waals surface area contributed by atoms with E-state index in [-0.39, 0.29) is 5.56 Å². The maximum Gasteiger partial charge on any atom is 0.200 e. The number of aromatic nitrogens is 2. The molecule has 0 aliphatic carbocycles. The number of ketones is 1. The SMILES string of the molecule is O=C(c1cnn(-c2ccccc2)c1)c1c(F)cccc1Br. The zero-order valence-corrected chi connectivity index (χ0v) is 12.4. The van der Waals surface area contributed by atoms with Gasteiger partial charge in [-0.1, -0.05) is 24.3 Å². The number of hydrogen-bond acceptors (Lipinski definition) is 2. The molecule has 0 saturated heterocycles. The molecule has 0 aliphatic heterocycles. The number of para-hydroxylation sites is 1. The first kappa shape index (κ1) is 13.7. The average molecular weight is 345 g/mol. The van der Waals surface area contributed by atoms with Crippen molar-refractivity contribution in [1.82, 2.24) is 9.78 Å². The van der Waals surface area contributed by atoms with Gasteiger partial charge in [-0.25, -0.2) is 9.07 Å². The van der Waals surface area contributed by atoms with Gasteiger partial charge in [0, 0.05) is 10.7 Å². The summed E-state index contributed by atoms with van der Waals surface area (Å²) in [7, 11) is 0. The van der Waals surface area contributed by atoms with Crippen molar-refractivity contribution in [2.75, 3.05) is 0 Å². The fourth-order valence-corrected chi connectivity index (χ4v) is 2.54. The standard InChI is InChI=1S/C16H10BrFN2O/c17-13-7-4-8-14(18)15(13)16(21)11-9-19-20(10-11)12-5-2-1-3-6-12/h1-10H. The lowest BCUT2D eigenvalue weighted by Crippen LogP contribution is -2.04. The van der Waals surface area contributed by atoms with Crippen molar-refractivity contribution in [2.45, 2.75) is 0 Å². The number of carbonyl (C=O) groups excluding carboxylic acids is 1. The van der Waals surface area contributed by atoms with E-state index in [0.717, 1.165) is 5.69 Å². The van der Waals surface area contributed by atoms with E-state index in [0.29, 0.717) is 10.0 Å². The minimum Gasteiger partial charge on any atom is -0.288 e. The van der Waals surface area contributed by atoms with E-state index in [1.165, 1.54) is 12.3 Å². The monoisotopic (exact) mass is 344 g/mol. The Bertz CT molecular complexity index is 779. The molecule has 0 radical (unpaired) electrons. The Kier molecular flexibility index (Phi) is 3.66. The van der Waals surface area contributed by atoms with Crippen LogP contribution in [0, 0.1) is 5.82 Å². The zero-order chi connectivity index (χ0) is 14.8. The van der Waals surface area contributed by atoms with Crippen molar-refractivity contribution in [3.63, 3.8) is 0 Å². The summed E-state index contributed by atoms with van der Waals surface area (Å²) in [6.07, 6.45) is 3.03. The Balaban J connectivity index is 1.99. The van der Waals surface area contributed by atoms with E-state index in [2.05, 4.69) is 21.0 Å². The van der Waals surface area contributed by atoms with Gasteiger partial charge >= 0.3 is 0 Å². The molecule has 3 aromatic rings. The highest BCUT2D eigenvalue weighted by molar-refractivity contribution is 9.10. The Labute approximate surface area is 129 Å². The second-order valence-corrected chi connectivity index (χ2v) is 5.29. The summed E-state index contributed by atoms with van der Waals surface area (Å²) < 4.78 is 15.9. The van der Waals surface area contributed by atoms with Gasteiger partial charge in [-0.2, -0.15) is 5.10 Å². The van der Waals surface area contributed by atoms with E-state index in [4.69, 9.17) is 0 Å². The van der Waals surface area contributed by atoms with Crippen LogP contribution in [0.1, 0.15) is 15.9 Å². The molecule has 104 valence electrons. The van der Waals surface area contributed by atoms with Gasteiger partial charge in [-0.15, -0.1) is 0 Å². The quantitative estimate of drug-likeness (QED) is 0.673. The van der Waals surface area contributed by atoms with E-state index in [9.17, 15) is 9.18 Å². The molecule has 0 spiro atoms. The Morgan fingerprint density at radius 1 is 1.10 bits per heavy atom. The molecular weight excluding hydrogens is 335 g/mol. The highest BCUT2D eigenvalue weighted by Gasteiger charge is 2.18. The van der Waals surface area contributed by atoms with Crippen LogP contribution in [0.15, 0.2) is 65.4 Å². The molecular formula is C16H10BrFN2O. The van der Waals surface area contributed by atoms with Crippen molar-refractivity contribution < 1.29 is 9.18 Å². The molecule has 0 aliphatic rings. The lowest BCUT2D eigenvalue weighted by Gasteiger charge is -2.03. The summed E-state index contributed by atoms with van der Waals surface area (Å²) >= 11 is 3.21. The van der Waals surface area contributed by atoms with Crippen molar-refractivity contribution in [1.29, 1.82) is 0 Å². The van der Waals surface area contributed by atoms with Crippen molar-refractivity contribution in [2.24, 2.45) is 0 Å². The molecule has 0 N–H and O–H groups in total. The van der Waals surface area contributed by atoms with E-state index in [1.807, 2.05) is 30.3 Å². The highest BCUT2D eigenvalue weighted by Crippen LogP contribution is 2.23. The largest absolute Gasteiger partial charge is 0.288 e. The summed E-state index contributed by atoms with van der Waals surface area (Å²) in [6.45, 7) is 0. The number of carbonyl (C=O) groups is 1. The van der Waals surface area contributed by atoms with Crippen molar-refractivity contribution in [3.8, 4) is 5.69 Å². The first-order chi connectivity index (χ1) is 10.2. The minimum absolute atomic E-state index is 0.0186. The van der Waals surface area contributed by atoms with Crippen LogP contribution in [0.2, 0.25) is 0 Å². The maximum absolute atomic E-state index is 13.8. The molecule has 0 saturated carbocycles. The molecule has 1 aromatic heterocycles. The second kappa shape index (κ2) is 5.61. The maximum atomic E-state index is 13.8. The van der Waals surface area contributed by atoms with Crippen LogP contribution in [0.4, 0.5) is 4.39 Å². The van der Waals surface area contributed by atoms with Gasteiger partial charge in [-0.3, -0.25) is 4.79 Å². The van der Waals surface area contributed by atoms with E-state index in [1.54, 1.807) is 23.0 Å². The molecule has 21 heavy (non-hydrogen) atoms. The van der Waals surface area contributed by atoms with Gasteiger partial charge in [0.15, 0.2) is 5.78 Å². The highest BCUT2D eigenvalue weighted by atomic mass is 79.9. The third-order valence-corrected chi connectivity index (χ3v) is 3.72. The third kappa shape index (κ3) is 2.64. The number of hydrogen-bond donors (Lipinski definition) is 0. The molecule has 3 nitrogen and oxygen atoms in total. The summed E-state index contributed by atoms with van der Waals surface area (Å²) in [5.74, 6) is -0.955. The topological polar surface area (TPSA) is 34.9 Å². The van der Waals surface area contributed by atoms with Crippen LogP contribution in [0.25, 0.3) is 5.69 Å². The molecule has 1 heterocycles. The normalized spacial score (nSPS) is 10.6. The Morgan fingerprint density at radius 2 is 1.86 bits per heavy atom. The van der Waals surface area contributed by atoms with Gasteiger partial charge in [0.1, 0.15) is 5.82 Å². The lowest BCUT2D eigenvalue weighted by molar-refractivity contribution is 0.103. The van der Waals surface area contributed by atoms with Crippen LogP contribution < -0.4 is 0 Å². The first-order valence-electron chi connectivity index (χ1n) is 6.25. The van der Waals surface area contributed by atoms with E-state index < -0.39 is 11.6 Å². The average Bonchev–Trinajstić information content (AvgIpc) is 2.97. The van der Waals surface area contributed by atoms with Crippen LogP contribution in [-0.2, 0) is 0 Å². The number of rotatable bonds is 3. The van der Waals surface area contributed by atoms with Crippen LogP contribution >= 0.6 is 15.9 Å². The van der Waals surface area contributed by atoms with Gasteiger partial charge in [0.05, 0.1) is 23.0 Å². The number of halogens is 2.